The van der Waals surface area contributed by atoms with Gasteiger partial charge in [0.25, 0.3) is 0 Å². The van der Waals surface area contributed by atoms with Crippen LogP contribution in [0.3, 0.4) is 0 Å². The Morgan fingerprint density at radius 3 is 2.94 bits per heavy atom. The molecule has 1 N–H and O–H groups in total. The highest BCUT2D eigenvalue weighted by Crippen LogP contribution is 2.23. The fourth-order valence-corrected chi connectivity index (χ4v) is 3.72. The van der Waals surface area contributed by atoms with Gasteiger partial charge in [-0.3, -0.25) is 4.90 Å². The molecular weight excluding hydrogens is 198 g/mol. The van der Waals surface area contributed by atoms with Gasteiger partial charge in [-0.05, 0) is 45.2 Å². The van der Waals surface area contributed by atoms with Crippen LogP contribution in [0.15, 0.2) is 0 Å². The van der Waals surface area contributed by atoms with Gasteiger partial charge in [0, 0.05) is 38.3 Å². The Labute approximate surface area is 99.2 Å². The van der Waals surface area contributed by atoms with Gasteiger partial charge in [-0.2, -0.15) is 0 Å². The molecule has 0 aromatic carbocycles. The van der Waals surface area contributed by atoms with Crippen molar-refractivity contribution in [1.82, 2.24) is 15.1 Å². The van der Waals surface area contributed by atoms with E-state index in [9.17, 15) is 0 Å². The van der Waals surface area contributed by atoms with Gasteiger partial charge in [0.05, 0.1) is 0 Å². The molecule has 3 atom stereocenters. The highest BCUT2D eigenvalue weighted by Gasteiger charge is 2.32. The quantitative estimate of drug-likeness (QED) is 0.746. The molecule has 3 aliphatic heterocycles. The van der Waals surface area contributed by atoms with Crippen molar-refractivity contribution in [3.05, 3.63) is 0 Å². The zero-order valence-corrected chi connectivity index (χ0v) is 10.5. The van der Waals surface area contributed by atoms with Crippen molar-refractivity contribution in [2.24, 2.45) is 5.92 Å². The first-order valence-electron chi connectivity index (χ1n) is 7.03. The number of nitrogens with one attached hydrogen (secondary N) is 1. The summed E-state index contributed by atoms with van der Waals surface area (Å²) in [6.07, 6.45) is 4.25. The number of fused-ring (bicyclic) bond motifs is 1. The highest BCUT2D eigenvalue weighted by atomic mass is 15.3. The normalized spacial score (nSPS) is 41.4. The number of hydrogen-bond donors (Lipinski definition) is 1. The zero-order chi connectivity index (χ0) is 11.0. The third-order valence-electron chi connectivity index (χ3n) is 4.85. The predicted molar refractivity (Wildman–Crippen MR) is 66.6 cm³/mol. The van der Waals surface area contributed by atoms with Crippen molar-refractivity contribution in [1.29, 1.82) is 0 Å². The summed E-state index contributed by atoms with van der Waals surface area (Å²) in [5.74, 6) is 0.896. The second kappa shape index (κ2) is 4.63. The topological polar surface area (TPSA) is 18.5 Å². The van der Waals surface area contributed by atoms with Crippen LogP contribution in [-0.4, -0.2) is 61.2 Å². The van der Waals surface area contributed by atoms with Crippen molar-refractivity contribution in [2.75, 3.05) is 39.3 Å². The molecule has 3 unspecified atom stereocenters. The largest absolute Gasteiger partial charge is 0.314 e. The second-order valence-electron chi connectivity index (χ2n) is 5.88. The molecule has 0 bridgehead atoms. The Bertz CT molecular complexity index is 243. The molecule has 3 fully saturated rings. The minimum absolute atomic E-state index is 0.738. The van der Waals surface area contributed by atoms with Gasteiger partial charge in [-0.1, -0.05) is 0 Å². The molecule has 0 radical (unpaired) electrons. The summed E-state index contributed by atoms with van der Waals surface area (Å²) >= 11 is 0. The summed E-state index contributed by atoms with van der Waals surface area (Å²) in [7, 11) is 0. The standard InChI is InChI=1S/C13H25N3/c1-11-12(4-5-14-11)9-15-7-8-16-6-2-3-13(16)10-15/h11-14H,2-10H2,1H3. The summed E-state index contributed by atoms with van der Waals surface area (Å²) in [4.78, 5) is 5.42. The van der Waals surface area contributed by atoms with E-state index in [1.54, 1.807) is 0 Å². The lowest BCUT2D eigenvalue weighted by atomic mass is 10.0. The van der Waals surface area contributed by atoms with E-state index in [0.717, 1.165) is 18.0 Å². The van der Waals surface area contributed by atoms with E-state index in [1.165, 1.54) is 58.5 Å². The summed E-state index contributed by atoms with van der Waals surface area (Å²) in [6, 6.07) is 1.63. The van der Waals surface area contributed by atoms with Gasteiger partial charge >= 0.3 is 0 Å². The molecule has 0 aliphatic carbocycles. The van der Waals surface area contributed by atoms with Crippen molar-refractivity contribution in [3.63, 3.8) is 0 Å². The Balaban J connectivity index is 1.52. The van der Waals surface area contributed by atoms with Gasteiger partial charge in [-0.15, -0.1) is 0 Å². The van der Waals surface area contributed by atoms with Gasteiger partial charge < -0.3 is 10.2 Å². The van der Waals surface area contributed by atoms with Gasteiger partial charge in [0.2, 0.25) is 0 Å². The first-order chi connectivity index (χ1) is 7.83. The SMILES string of the molecule is CC1NCCC1CN1CCN2CCCC2C1. The fraction of sp³-hybridized carbons (Fsp3) is 1.00. The summed E-state index contributed by atoms with van der Waals surface area (Å²) < 4.78 is 0. The maximum Gasteiger partial charge on any atom is 0.0224 e. The average Bonchev–Trinajstić information content (AvgIpc) is 2.88. The van der Waals surface area contributed by atoms with Crippen LogP contribution >= 0.6 is 0 Å². The van der Waals surface area contributed by atoms with Gasteiger partial charge in [-0.25, -0.2) is 0 Å². The van der Waals surface area contributed by atoms with Crippen LogP contribution in [0, 0.1) is 5.92 Å². The zero-order valence-electron chi connectivity index (χ0n) is 10.5. The van der Waals surface area contributed by atoms with E-state index in [4.69, 9.17) is 0 Å². The Morgan fingerprint density at radius 2 is 2.12 bits per heavy atom. The van der Waals surface area contributed by atoms with E-state index < -0.39 is 0 Å². The number of piperazine rings is 1. The van der Waals surface area contributed by atoms with Crippen molar-refractivity contribution >= 4 is 0 Å². The molecule has 3 nitrogen and oxygen atoms in total. The third kappa shape index (κ3) is 2.13. The molecule has 3 aliphatic rings. The first-order valence-corrected chi connectivity index (χ1v) is 7.03. The molecular formula is C13H25N3. The van der Waals surface area contributed by atoms with E-state index in [-0.39, 0.29) is 0 Å². The van der Waals surface area contributed by atoms with Gasteiger partial charge in [0.15, 0.2) is 0 Å². The van der Waals surface area contributed by atoms with Crippen LogP contribution in [0.2, 0.25) is 0 Å². The Morgan fingerprint density at radius 1 is 1.19 bits per heavy atom. The minimum atomic E-state index is 0.738. The maximum absolute atomic E-state index is 3.57. The highest BCUT2D eigenvalue weighted by molar-refractivity contribution is 4.89. The lowest BCUT2D eigenvalue weighted by Gasteiger charge is -2.39. The molecule has 0 aromatic heterocycles. The van der Waals surface area contributed by atoms with Gasteiger partial charge in [0.1, 0.15) is 0 Å². The van der Waals surface area contributed by atoms with Crippen LogP contribution in [-0.2, 0) is 0 Å². The molecule has 3 heteroatoms. The number of nitrogens with zero attached hydrogens (tertiary/aromatic N) is 2. The first kappa shape index (κ1) is 11.0. The smallest absolute Gasteiger partial charge is 0.0224 e. The lowest BCUT2D eigenvalue weighted by molar-refractivity contribution is 0.0905. The summed E-state index contributed by atoms with van der Waals surface area (Å²) in [6.45, 7) is 10.2. The van der Waals surface area contributed by atoms with Crippen molar-refractivity contribution < 1.29 is 0 Å². The fourth-order valence-electron chi connectivity index (χ4n) is 3.72. The van der Waals surface area contributed by atoms with Crippen LogP contribution in [0.5, 0.6) is 0 Å². The Hall–Kier alpha value is -0.120. The molecule has 3 rings (SSSR count). The summed E-state index contributed by atoms with van der Waals surface area (Å²) in [5.41, 5.74) is 0. The van der Waals surface area contributed by atoms with E-state index in [1.807, 2.05) is 0 Å². The van der Waals surface area contributed by atoms with Crippen LogP contribution in [0.25, 0.3) is 0 Å². The third-order valence-corrected chi connectivity index (χ3v) is 4.85. The van der Waals surface area contributed by atoms with Crippen LogP contribution in [0.4, 0.5) is 0 Å². The molecule has 0 amide bonds. The molecule has 0 spiro atoms. The minimum Gasteiger partial charge on any atom is -0.314 e. The molecule has 16 heavy (non-hydrogen) atoms. The average molecular weight is 223 g/mol. The number of hydrogen-bond acceptors (Lipinski definition) is 3. The molecule has 0 aromatic rings. The molecule has 0 saturated carbocycles. The van der Waals surface area contributed by atoms with Crippen LogP contribution in [0.1, 0.15) is 26.2 Å². The van der Waals surface area contributed by atoms with Crippen molar-refractivity contribution in [3.8, 4) is 0 Å². The monoisotopic (exact) mass is 223 g/mol. The molecule has 3 heterocycles. The summed E-state index contributed by atoms with van der Waals surface area (Å²) in [5, 5.41) is 3.57. The molecule has 3 saturated heterocycles. The number of rotatable bonds is 2. The van der Waals surface area contributed by atoms with Crippen molar-refractivity contribution in [2.45, 2.75) is 38.3 Å². The molecule has 92 valence electrons. The maximum atomic E-state index is 3.57. The van der Waals surface area contributed by atoms with E-state index in [2.05, 4.69) is 22.0 Å². The second-order valence-corrected chi connectivity index (χ2v) is 5.88. The van der Waals surface area contributed by atoms with E-state index in [0.29, 0.717) is 0 Å². The Kier molecular flexibility index (Phi) is 3.18. The lowest BCUT2D eigenvalue weighted by Crippen LogP contribution is -2.51. The van der Waals surface area contributed by atoms with Crippen LogP contribution < -0.4 is 5.32 Å². The predicted octanol–water partition coefficient (Wildman–Crippen LogP) is 0.764. The van der Waals surface area contributed by atoms with E-state index >= 15 is 0 Å².